The highest BCUT2D eigenvalue weighted by atomic mass is 32.1. The molecular weight excluding hydrogens is 286 g/mol. The molecule has 1 saturated carbocycles. The second kappa shape index (κ2) is 5.99. The number of thiazole rings is 1. The van der Waals surface area contributed by atoms with Gasteiger partial charge in [0.1, 0.15) is 0 Å². The minimum absolute atomic E-state index is 0.0604. The second-order valence-corrected chi connectivity index (χ2v) is 6.38. The Morgan fingerprint density at radius 1 is 1.43 bits per heavy atom. The zero-order valence-corrected chi connectivity index (χ0v) is 12.6. The van der Waals surface area contributed by atoms with E-state index in [0.29, 0.717) is 6.54 Å². The first-order chi connectivity index (χ1) is 10.2. The monoisotopic (exact) mass is 305 g/mol. The van der Waals surface area contributed by atoms with Crippen molar-refractivity contribution >= 4 is 17.2 Å². The molecule has 6 heteroatoms. The third kappa shape index (κ3) is 3.16. The van der Waals surface area contributed by atoms with Crippen LogP contribution in [0.4, 0.5) is 0 Å². The van der Waals surface area contributed by atoms with Gasteiger partial charge in [0.2, 0.25) is 5.91 Å². The number of rotatable bonds is 4. The van der Waals surface area contributed by atoms with E-state index in [2.05, 4.69) is 10.3 Å². The predicted molar refractivity (Wildman–Crippen MR) is 81.7 cm³/mol. The number of aromatic nitrogens is 1. The van der Waals surface area contributed by atoms with Crippen LogP contribution in [0.1, 0.15) is 37.8 Å². The maximum Gasteiger partial charge on any atom is 0.240 e. The molecule has 1 amide bonds. The molecular formula is C15H19N3O2S. The fourth-order valence-electron chi connectivity index (χ4n) is 2.66. The molecule has 0 bridgehead atoms. The topological polar surface area (TPSA) is 81.2 Å². The SMILES string of the molecule is NC1(C(=O)NCc2csc(-c3ccco3)n2)CCCCC1. The molecule has 5 nitrogen and oxygen atoms in total. The van der Waals surface area contributed by atoms with Crippen LogP contribution >= 0.6 is 11.3 Å². The summed E-state index contributed by atoms with van der Waals surface area (Å²) >= 11 is 1.51. The maximum absolute atomic E-state index is 12.2. The number of hydrogen-bond acceptors (Lipinski definition) is 5. The van der Waals surface area contributed by atoms with Crippen LogP contribution in [0.5, 0.6) is 0 Å². The summed E-state index contributed by atoms with van der Waals surface area (Å²) in [6.07, 6.45) is 6.40. The number of nitrogens with one attached hydrogen (secondary N) is 1. The van der Waals surface area contributed by atoms with E-state index in [9.17, 15) is 4.79 Å². The average Bonchev–Trinajstić information content (AvgIpc) is 3.16. The molecule has 112 valence electrons. The smallest absolute Gasteiger partial charge is 0.240 e. The van der Waals surface area contributed by atoms with Gasteiger partial charge < -0.3 is 15.5 Å². The van der Waals surface area contributed by atoms with Crippen LogP contribution in [-0.2, 0) is 11.3 Å². The van der Waals surface area contributed by atoms with Crippen LogP contribution in [0.25, 0.3) is 10.8 Å². The number of carbonyl (C=O) groups excluding carboxylic acids is 1. The Morgan fingerprint density at radius 2 is 2.24 bits per heavy atom. The minimum Gasteiger partial charge on any atom is -0.462 e. The Balaban J connectivity index is 1.59. The number of carbonyl (C=O) groups is 1. The number of furan rings is 1. The van der Waals surface area contributed by atoms with E-state index in [-0.39, 0.29) is 5.91 Å². The highest BCUT2D eigenvalue weighted by Crippen LogP contribution is 2.26. The molecule has 0 spiro atoms. The molecule has 1 aliphatic carbocycles. The Kier molecular flexibility index (Phi) is 4.07. The molecule has 2 aromatic heterocycles. The molecule has 0 aromatic carbocycles. The van der Waals surface area contributed by atoms with Crippen molar-refractivity contribution in [1.29, 1.82) is 0 Å². The van der Waals surface area contributed by atoms with E-state index < -0.39 is 5.54 Å². The first-order valence-corrected chi connectivity index (χ1v) is 8.11. The number of nitrogens with zero attached hydrogens (tertiary/aromatic N) is 1. The van der Waals surface area contributed by atoms with Gasteiger partial charge in [-0.15, -0.1) is 11.3 Å². The standard InChI is InChI=1S/C15H19N3O2S/c16-15(6-2-1-3-7-15)14(19)17-9-11-10-21-13(18-11)12-5-4-8-20-12/h4-5,8,10H,1-3,6-7,9,16H2,(H,17,19). The van der Waals surface area contributed by atoms with E-state index in [1.54, 1.807) is 6.26 Å². The van der Waals surface area contributed by atoms with Crippen molar-refractivity contribution in [3.63, 3.8) is 0 Å². The van der Waals surface area contributed by atoms with Crippen molar-refractivity contribution in [1.82, 2.24) is 10.3 Å². The Bertz CT molecular complexity index is 600. The van der Waals surface area contributed by atoms with Crippen LogP contribution in [0, 0.1) is 0 Å². The van der Waals surface area contributed by atoms with Crippen molar-refractivity contribution in [3.05, 3.63) is 29.5 Å². The Morgan fingerprint density at radius 3 is 2.95 bits per heavy atom. The Hall–Kier alpha value is -1.66. The first-order valence-electron chi connectivity index (χ1n) is 7.23. The summed E-state index contributed by atoms with van der Waals surface area (Å²) in [5, 5.41) is 5.67. The summed E-state index contributed by atoms with van der Waals surface area (Å²) in [4.78, 5) is 16.7. The minimum atomic E-state index is -0.696. The molecule has 0 radical (unpaired) electrons. The lowest BCUT2D eigenvalue weighted by Gasteiger charge is -2.31. The van der Waals surface area contributed by atoms with Gasteiger partial charge in [-0.2, -0.15) is 0 Å². The van der Waals surface area contributed by atoms with Crippen molar-refractivity contribution in [2.45, 2.75) is 44.2 Å². The largest absolute Gasteiger partial charge is 0.462 e. The number of nitrogens with two attached hydrogens (primary N) is 1. The van der Waals surface area contributed by atoms with Crippen molar-refractivity contribution in [2.24, 2.45) is 5.73 Å². The normalized spacial score (nSPS) is 17.6. The van der Waals surface area contributed by atoms with Gasteiger partial charge in [0, 0.05) is 5.38 Å². The number of hydrogen-bond donors (Lipinski definition) is 2. The van der Waals surface area contributed by atoms with Crippen LogP contribution < -0.4 is 11.1 Å². The average molecular weight is 305 g/mol. The van der Waals surface area contributed by atoms with Gasteiger partial charge in [0.05, 0.1) is 24.0 Å². The molecule has 0 atom stereocenters. The fourth-order valence-corrected chi connectivity index (χ4v) is 3.44. The molecule has 1 fully saturated rings. The lowest BCUT2D eigenvalue weighted by Crippen LogP contribution is -2.54. The van der Waals surface area contributed by atoms with Crippen molar-refractivity contribution < 1.29 is 9.21 Å². The predicted octanol–water partition coefficient (Wildman–Crippen LogP) is 2.68. The zero-order valence-electron chi connectivity index (χ0n) is 11.8. The van der Waals surface area contributed by atoms with Crippen LogP contribution in [0.2, 0.25) is 0 Å². The van der Waals surface area contributed by atoms with Gasteiger partial charge in [-0.1, -0.05) is 19.3 Å². The molecule has 0 saturated heterocycles. The fraction of sp³-hybridized carbons (Fsp3) is 0.467. The lowest BCUT2D eigenvalue weighted by atomic mass is 9.82. The molecule has 3 N–H and O–H groups in total. The second-order valence-electron chi connectivity index (χ2n) is 5.52. The van der Waals surface area contributed by atoms with Gasteiger partial charge >= 0.3 is 0 Å². The lowest BCUT2D eigenvalue weighted by molar-refractivity contribution is -0.127. The van der Waals surface area contributed by atoms with E-state index in [0.717, 1.165) is 42.1 Å². The summed E-state index contributed by atoms with van der Waals surface area (Å²) in [5.41, 5.74) is 6.34. The molecule has 0 aliphatic heterocycles. The van der Waals surface area contributed by atoms with E-state index in [1.807, 2.05) is 17.5 Å². The van der Waals surface area contributed by atoms with Gasteiger partial charge in [-0.3, -0.25) is 4.79 Å². The van der Waals surface area contributed by atoms with E-state index in [4.69, 9.17) is 10.2 Å². The molecule has 0 unspecified atom stereocenters. The highest BCUT2D eigenvalue weighted by molar-refractivity contribution is 7.13. The summed E-state index contributed by atoms with van der Waals surface area (Å²) in [7, 11) is 0. The Labute approximate surface area is 127 Å². The summed E-state index contributed by atoms with van der Waals surface area (Å²) in [6, 6.07) is 3.71. The summed E-state index contributed by atoms with van der Waals surface area (Å²) in [6.45, 7) is 0.412. The van der Waals surface area contributed by atoms with Gasteiger partial charge in [0.25, 0.3) is 0 Å². The highest BCUT2D eigenvalue weighted by Gasteiger charge is 2.34. The van der Waals surface area contributed by atoms with Gasteiger partial charge in [0.15, 0.2) is 10.8 Å². The van der Waals surface area contributed by atoms with Crippen LogP contribution in [0.15, 0.2) is 28.2 Å². The van der Waals surface area contributed by atoms with Crippen molar-refractivity contribution in [3.8, 4) is 10.8 Å². The van der Waals surface area contributed by atoms with E-state index in [1.165, 1.54) is 17.8 Å². The third-order valence-electron chi connectivity index (χ3n) is 3.91. The third-order valence-corrected chi connectivity index (χ3v) is 4.82. The first kappa shape index (κ1) is 14.3. The molecule has 3 rings (SSSR count). The quantitative estimate of drug-likeness (QED) is 0.910. The molecule has 1 aliphatic rings. The summed E-state index contributed by atoms with van der Waals surface area (Å²) < 4.78 is 5.31. The summed E-state index contributed by atoms with van der Waals surface area (Å²) in [5.74, 6) is 0.690. The van der Waals surface area contributed by atoms with Gasteiger partial charge in [-0.25, -0.2) is 4.98 Å². The number of amides is 1. The van der Waals surface area contributed by atoms with Crippen molar-refractivity contribution in [2.75, 3.05) is 0 Å². The van der Waals surface area contributed by atoms with E-state index >= 15 is 0 Å². The molecule has 2 aromatic rings. The molecule has 21 heavy (non-hydrogen) atoms. The maximum atomic E-state index is 12.2. The van der Waals surface area contributed by atoms with Crippen LogP contribution in [-0.4, -0.2) is 16.4 Å². The van der Waals surface area contributed by atoms with Gasteiger partial charge in [-0.05, 0) is 25.0 Å². The van der Waals surface area contributed by atoms with Crippen LogP contribution in [0.3, 0.4) is 0 Å². The molecule has 2 heterocycles. The zero-order chi connectivity index (χ0) is 14.7.